The number of rotatable bonds is 11. The van der Waals surface area contributed by atoms with Crippen LogP contribution in [0.5, 0.6) is 17.2 Å². The molecule has 5 aromatic rings. The molecule has 16 heteroatoms. The van der Waals surface area contributed by atoms with E-state index in [2.05, 4.69) is 48.8 Å². The number of sulfonamides is 1. The highest BCUT2D eigenvalue weighted by Crippen LogP contribution is 2.55. The van der Waals surface area contributed by atoms with Crippen molar-refractivity contribution in [1.29, 1.82) is 0 Å². The Balaban J connectivity index is 0.801. The van der Waals surface area contributed by atoms with Crippen LogP contribution >= 0.6 is 11.8 Å². The van der Waals surface area contributed by atoms with Gasteiger partial charge in [0, 0.05) is 65.9 Å². The number of hydrogen-bond donors (Lipinski definition) is 3. The normalized spacial score (nSPS) is 25.5. The number of nitrogens with zero attached hydrogens (tertiary/aromatic N) is 4. The number of nitrogens with one attached hydrogen (secondary N) is 2. The molecule has 3 aliphatic heterocycles. The Bertz CT molecular complexity index is 2800. The number of ether oxygens (including phenoxy) is 2. The number of benzene rings is 3. The average molecular weight is 933 g/mol. The molecule has 3 saturated carbocycles. The van der Waals surface area contributed by atoms with Gasteiger partial charge in [-0.3, -0.25) is 19.8 Å². The molecule has 3 aliphatic carbocycles. The standard InChI is InChI=1S/C50H56N6O8S2/c1-49(58)15-12-32(13-16-49)45-30-63-44-26-37(25-42(56(59)60)46(44)65-45)66(61,62)53-48(57)40-11-10-34(24-43(40)64-36-23-33-14-19-51-47(33)52-29-36)54-21-17-50(18-22-54)27-35(28-50)55-20-4-7-41(55)39-6-3-2-5-38(39)31-8-9-31/h2-3,5-6,10-11,14,19,23-26,29,31-32,35,41,45,58H,4,7-9,12-13,15-18,20-22,27-28,30H2,1H3,(H,51,52)(H,53,57)/t32?,41-,45+,49?/m0/s1. The largest absolute Gasteiger partial charge is 0.491 e. The summed E-state index contributed by atoms with van der Waals surface area (Å²) in [6, 6.07) is 21.4. The molecule has 0 bridgehead atoms. The minimum Gasteiger partial charge on any atom is -0.491 e. The molecule has 1 amide bonds. The number of amides is 1. The van der Waals surface area contributed by atoms with Crippen LogP contribution in [0, 0.1) is 21.4 Å². The summed E-state index contributed by atoms with van der Waals surface area (Å²) < 4.78 is 42.5. The third kappa shape index (κ3) is 8.43. The molecule has 5 heterocycles. The molecule has 6 aliphatic rings. The molecule has 2 saturated heterocycles. The number of carbonyl (C=O) groups excluding carboxylic acids is 1. The van der Waals surface area contributed by atoms with Gasteiger partial charge >= 0.3 is 0 Å². The molecular formula is C50H56N6O8S2. The summed E-state index contributed by atoms with van der Waals surface area (Å²) in [5, 5.41) is 23.6. The summed E-state index contributed by atoms with van der Waals surface area (Å²) in [7, 11) is -4.64. The van der Waals surface area contributed by atoms with Crippen LogP contribution in [0.25, 0.3) is 11.0 Å². The number of nitro benzene ring substituents is 1. The molecule has 3 aromatic carbocycles. The van der Waals surface area contributed by atoms with E-state index in [1.807, 2.05) is 19.1 Å². The SMILES string of the molecule is CC1(O)CCC([C@H]2COc3cc(S(=O)(=O)NC(=O)c4ccc(N5CCC6(CC5)CC(N5CCC[C@H]5c5ccccc5C5CC5)C6)cc4Oc4cnc5[nH]ccc5c4)cc([N+](=O)[O-])c3S2)CC1. The maximum absolute atomic E-state index is 14.1. The lowest BCUT2D eigenvalue weighted by Gasteiger charge is -2.56. The number of hydrogen-bond acceptors (Lipinski definition) is 12. The third-order valence-corrected chi connectivity index (χ3v) is 18.3. The predicted molar refractivity (Wildman–Crippen MR) is 252 cm³/mol. The van der Waals surface area contributed by atoms with Crippen molar-refractivity contribution in [1.82, 2.24) is 19.6 Å². The van der Waals surface area contributed by atoms with Crippen molar-refractivity contribution in [3.05, 3.63) is 106 Å². The van der Waals surface area contributed by atoms with Gasteiger partial charge in [0.15, 0.2) is 0 Å². The Labute approximate surface area is 389 Å². The topological polar surface area (TPSA) is 180 Å². The maximum Gasteiger partial charge on any atom is 0.288 e. The summed E-state index contributed by atoms with van der Waals surface area (Å²) in [6.07, 6.45) is 15.7. The second-order valence-corrected chi connectivity index (χ2v) is 22.9. The first-order valence-electron chi connectivity index (χ1n) is 23.6. The number of pyridine rings is 1. The Morgan fingerprint density at radius 2 is 1.76 bits per heavy atom. The van der Waals surface area contributed by atoms with E-state index >= 15 is 0 Å². The van der Waals surface area contributed by atoms with Crippen LogP contribution in [-0.2, 0) is 10.0 Å². The van der Waals surface area contributed by atoms with Crippen LogP contribution < -0.4 is 19.1 Å². The molecule has 2 aromatic heterocycles. The Kier molecular flexibility index (Phi) is 11.1. The number of piperidine rings is 1. The summed E-state index contributed by atoms with van der Waals surface area (Å²) in [5.74, 6) is 0.576. The fourth-order valence-electron chi connectivity index (χ4n) is 11.6. The molecule has 14 nitrogen and oxygen atoms in total. The predicted octanol–water partition coefficient (Wildman–Crippen LogP) is 9.64. The number of anilines is 1. The smallest absolute Gasteiger partial charge is 0.288 e. The van der Waals surface area contributed by atoms with Crippen LogP contribution in [0.3, 0.4) is 0 Å². The van der Waals surface area contributed by atoms with E-state index in [9.17, 15) is 28.4 Å². The van der Waals surface area contributed by atoms with Gasteiger partial charge in [-0.2, -0.15) is 0 Å². The van der Waals surface area contributed by atoms with E-state index < -0.39 is 37.0 Å². The molecule has 5 fully saturated rings. The highest BCUT2D eigenvalue weighted by atomic mass is 32.2. The Hall–Kier alpha value is -5.16. The minimum atomic E-state index is -4.64. The van der Waals surface area contributed by atoms with Gasteiger partial charge in [0.25, 0.3) is 21.6 Å². The van der Waals surface area contributed by atoms with Gasteiger partial charge < -0.3 is 24.5 Å². The summed E-state index contributed by atoms with van der Waals surface area (Å²) in [6.45, 7) is 4.92. The number of likely N-dealkylation sites (tertiary alicyclic amines) is 1. The zero-order chi connectivity index (χ0) is 45.4. The van der Waals surface area contributed by atoms with Crippen molar-refractivity contribution in [3.63, 3.8) is 0 Å². The summed E-state index contributed by atoms with van der Waals surface area (Å²) >= 11 is 1.32. The number of aromatic nitrogens is 2. The maximum atomic E-state index is 14.1. The van der Waals surface area contributed by atoms with Crippen LogP contribution in [0.15, 0.2) is 88.9 Å². The van der Waals surface area contributed by atoms with E-state index in [-0.39, 0.29) is 39.7 Å². The van der Waals surface area contributed by atoms with Gasteiger partial charge in [0.05, 0.1) is 27.2 Å². The van der Waals surface area contributed by atoms with Crippen molar-refractivity contribution < 1.29 is 32.7 Å². The van der Waals surface area contributed by atoms with Crippen molar-refractivity contribution in [2.24, 2.45) is 11.3 Å². The number of carbonyl (C=O) groups is 1. The van der Waals surface area contributed by atoms with Gasteiger partial charge in [0.1, 0.15) is 34.4 Å². The highest BCUT2D eigenvalue weighted by Gasteiger charge is 2.50. The number of thioether (sulfide) groups is 1. The van der Waals surface area contributed by atoms with E-state index in [4.69, 9.17) is 9.47 Å². The average Bonchev–Trinajstić information content (AvgIpc) is 3.84. The second-order valence-electron chi connectivity index (χ2n) is 20.0. The number of aliphatic hydroxyl groups is 1. The van der Waals surface area contributed by atoms with Crippen molar-refractivity contribution in [2.75, 3.05) is 31.1 Å². The lowest BCUT2D eigenvalue weighted by atomic mass is 9.59. The Morgan fingerprint density at radius 3 is 2.52 bits per heavy atom. The molecule has 346 valence electrons. The number of aromatic amines is 1. The van der Waals surface area contributed by atoms with Crippen LogP contribution in [0.1, 0.15) is 117 Å². The zero-order valence-corrected chi connectivity index (χ0v) is 38.7. The molecule has 0 radical (unpaired) electrons. The molecule has 3 N–H and O–H groups in total. The van der Waals surface area contributed by atoms with Gasteiger partial charge in [0.2, 0.25) is 0 Å². The Morgan fingerprint density at radius 1 is 0.985 bits per heavy atom. The molecule has 66 heavy (non-hydrogen) atoms. The summed E-state index contributed by atoms with van der Waals surface area (Å²) in [4.78, 5) is 38.4. The summed E-state index contributed by atoms with van der Waals surface area (Å²) in [5.41, 5.74) is 3.81. The first-order chi connectivity index (χ1) is 31.8. The van der Waals surface area contributed by atoms with E-state index in [1.165, 1.54) is 62.9 Å². The van der Waals surface area contributed by atoms with E-state index in [1.54, 1.807) is 41.7 Å². The number of fused-ring (bicyclic) bond motifs is 2. The quantitative estimate of drug-likeness (QED) is 0.0845. The fraction of sp³-hybridized carbons (Fsp3) is 0.480. The number of H-pyrrole nitrogens is 1. The van der Waals surface area contributed by atoms with Gasteiger partial charge in [-0.05, 0) is 143 Å². The molecule has 0 unspecified atom stereocenters. The van der Waals surface area contributed by atoms with Crippen molar-refractivity contribution in [3.8, 4) is 17.2 Å². The van der Waals surface area contributed by atoms with Crippen molar-refractivity contribution in [2.45, 2.75) is 123 Å². The first kappa shape index (κ1) is 43.4. The lowest BCUT2D eigenvalue weighted by molar-refractivity contribution is -0.388. The van der Waals surface area contributed by atoms with Crippen molar-refractivity contribution >= 4 is 50.1 Å². The first-order valence-corrected chi connectivity index (χ1v) is 25.9. The van der Waals surface area contributed by atoms with E-state index in [0.717, 1.165) is 61.8 Å². The monoisotopic (exact) mass is 932 g/mol. The van der Waals surface area contributed by atoms with Gasteiger partial charge in [-0.15, -0.1) is 11.8 Å². The second kappa shape index (κ2) is 16.9. The molecule has 1 spiro atoms. The molecule has 11 rings (SSSR count). The zero-order valence-electron chi connectivity index (χ0n) is 37.1. The molecule has 2 atom stereocenters. The van der Waals surface area contributed by atoms with Gasteiger partial charge in [-0.1, -0.05) is 24.3 Å². The number of nitro groups is 1. The lowest BCUT2D eigenvalue weighted by Crippen LogP contribution is -2.54. The van der Waals surface area contributed by atoms with Crippen LogP contribution in [-0.4, -0.2) is 82.4 Å². The van der Waals surface area contributed by atoms with E-state index in [0.29, 0.717) is 41.7 Å². The third-order valence-electron chi connectivity index (χ3n) is 15.5. The van der Waals surface area contributed by atoms with Crippen LogP contribution in [0.4, 0.5) is 11.4 Å². The molecular weight excluding hydrogens is 877 g/mol. The highest BCUT2D eigenvalue weighted by molar-refractivity contribution is 8.00. The van der Waals surface area contributed by atoms with Crippen LogP contribution in [0.2, 0.25) is 0 Å². The fourth-order valence-corrected chi connectivity index (χ4v) is 14.0. The minimum absolute atomic E-state index is 0.0243. The van der Waals surface area contributed by atoms with Gasteiger partial charge in [-0.25, -0.2) is 18.1 Å².